The molecule has 0 saturated carbocycles. The van der Waals surface area contributed by atoms with E-state index >= 15 is 0 Å². The van der Waals surface area contributed by atoms with E-state index in [-0.39, 0.29) is 23.0 Å². The molecule has 1 amide bonds. The van der Waals surface area contributed by atoms with Crippen LogP contribution in [0.1, 0.15) is 36.1 Å². The van der Waals surface area contributed by atoms with Crippen LogP contribution in [0.3, 0.4) is 0 Å². The van der Waals surface area contributed by atoms with Gasteiger partial charge in [-0.1, -0.05) is 54.6 Å². The van der Waals surface area contributed by atoms with Crippen molar-refractivity contribution in [2.75, 3.05) is 4.90 Å². The fraction of sp³-hybridized carbons (Fsp3) is 0.167. The molecule has 3 N–H and O–H groups in total. The molecular weight excluding hydrogens is 521 g/mol. The molecule has 3 atom stereocenters. The third-order valence-electron chi connectivity index (χ3n) is 7.07. The summed E-state index contributed by atoms with van der Waals surface area (Å²) in [5.74, 6) is -1.14. The lowest BCUT2D eigenvalue weighted by atomic mass is 9.77. The van der Waals surface area contributed by atoms with Crippen LogP contribution in [0, 0.1) is 11.7 Å². The number of phenolic OH excluding ortho intramolecular Hbond substituents is 1. The molecule has 0 radical (unpaired) electrons. The molecule has 7 nitrogen and oxygen atoms in total. The molecule has 9 heteroatoms. The predicted molar refractivity (Wildman–Crippen MR) is 144 cm³/mol. The molecule has 0 spiro atoms. The summed E-state index contributed by atoms with van der Waals surface area (Å²) in [7, 11) is -4.32. The summed E-state index contributed by atoms with van der Waals surface area (Å²) in [4.78, 5) is 14.7. The van der Waals surface area contributed by atoms with Crippen LogP contribution in [0.2, 0.25) is 0 Å². The first-order chi connectivity index (χ1) is 18.6. The Bertz CT molecular complexity index is 1610. The van der Waals surface area contributed by atoms with Crippen LogP contribution in [-0.4, -0.2) is 29.1 Å². The van der Waals surface area contributed by atoms with Gasteiger partial charge in [-0.25, -0.2) is 4.39 Å². The van der Waals surface area contributed by atoms with Crippen molar-refractivity contribution in [1.82, 2.24) is 0 Å². The topological polar surface area (TPSA) is 115 Å². The van der Waals surface area contributed by atoms with Crippen LogP contribution >= 0.6 is 0 Å². The number of β-lactam (4-membered cyclic amide) rings is 1. The number of halogens is 1. The van der Waals surface area contributed by atoms with Gasteiger partial charge in [0.1, 0.15) is 11.6 Å². The summed E-state index contributed by atoms with van der Waals surface area (Å²) in [6.45, 7) is 0. The minimum atomic E-state index is -4.32. The molecule has 0 aromatic heterocycles. The maximum absolute atomic E-state index is 13.6. The second kappa shape index (κ2) is 10.6. The van der Waals surface area contributed by atoms with Crippen molar-refractivity contribution < 1.29 is 32.4 Å². The molecule has 1 heterocycles. The van der Waals surface area contributed by atoms with Crippen LogP contribution < -0.4 is 4.90 Å². The lowest BCUT2D eigenvalue weighted by Gasteiger charge is -2.48. The monoisotopic (exact) mass is 547 g/mol. The van der Waals surface area contributed by atoms with Crippen LogP contribution in [0.4, 0.5) is 10.1 Å². The third kappa shape index (κ3) is 5.42. The molecule has 39 heavy (non-hydrogen) atoms. The van der Waals surface area contributed by atoms with E-state index in [2.05, 4.69) is 0 Å². The van der Waals surface area contributed by atoms with Crippen molar-refractivity contribution in [1.29, 1.82) is 0 Å². The van der Waals surface area contributed by atoms with Crippen molar-refractivity contribution in [3.8, 4) is 16.9 Å². The van der Waals surface area contributed by atoms with Crippen LogP contribution in [-0.2, 0) is 14.9 Å². The van der Waals surface area contributed by atoms with Crippen molar-refractivity contribution in [3.63, 3.8) is 0 Å². The van der Waals surface area contributed by atoms with Gasteiger partial charge in [-0.3, -0.25) is 9.35 Å². The van der Waals surface area contributed by atoms with Gasteiger partial charge in [0.2, 0.25) is 5.91 Å². The Morgan fingerprint density at radius 1 is 0.872 bits per heavy atom. The zero-order chi connectivity index (χ0) is 27.7. The zero-order valence-corrected chi connectivity index (χ0v) is 21.5. The number of hydrogen-bond acceptors (Lipinski definition) is 5. The van der Waals surface area contributed by atoms with E-state index in [1.807, 2.05) is 30.3 Å². The summed E-state index contributed by atoms with van der Waals surface area (Å²) < 4.78 is 45.5. The number of para-hydroxylation sites is 1. The number of rotatable bonds is 8. The van der Waals surface area contributed by atoms with Crippen LogP contribution in [0.5, 0.6) is 5.75 Å². The summed E-state index contributed by atoms with van der Waals surface area (Å²) in [6, 6.07) is 25.0. The van der Waals surface area contributed by atoms with Gasteiger partial charge >= 0.3 is 0 Å². The molecule has 4 aromatic carbocycles. The first-order valence-corrected chi connectivity index (χ1v) is 13.8. The number of nitrogens with zero attached hydrogens (tertiary/aromatic N) is 1. The third-order valence-corrected chi connectivity index (χ3v) is 7.94. The molecule has 200 valence electrons. The van der Waals surface area contributed by atoms with Crippen molar-refractivity contribution in [2.24, 2.45) is 5.92 Å². The largest absolute Gasteiger partial charge is 0.508 e. The van der Waals surface area contributed by atoms with E-state index in [1.165, 1.54) is 42.5 Å². The number of carbonyl (C=O) groups excluding carboxylic acids is 1. The smallest absolute Gasteiger partial charge is 0.294 e. The highest BCUT2D eigenvalue weighted by atomic mass is 32.2. The molecule has 0 aliphatic carbocycles. The van der Waals surface area contributed by atoms with Gasteiger partial charge in [0.05, 0.1) is 23.0 Å². The summed E-state index contributed by atoms with van der Waals surface area (Å²) in [5, 5.41) is 21.7. The molecule has 1 fully saturated rings. The molecule has 1 aliphatic heterocycles. The Balaban J connectivity index is 1.43. The number of carbonyl (C=O) groups is 1. The van der Waals surface area contributed by atoms with Gasteiger partial charge < -0.3 is 15.1 Å². The minimum absolute atomic E-state index is 0.0412. The average molecular weight is 548 g/mol. The average Bonchev–Trinajstić information content (AvgIpc) is 2.92. The second-order valence-corrected chi connectivity index (χ2v) is 10.9. The standard InChI is InChI=1S/C30H26FNO6S/c31-22-6-4-5-21(17-22)27(33)16-15-26-29(32(30(26)35)23-7-2-1-3-8-23)25-14-11-20(18-28(25)34)19-9-12-24(13-10-19)39(36,37)38/h1-14,17-18,26-27,29,33-34H,15-16H2,(H,36,37,38). The fourth-order valence-corrected chi connectivity index (χ4v) is 5.55. The Kier molecular flexibility index (Phi) is 7.22. The Labute approximate surface area is 225 Å². The second-order valence-electron chi connectivity index (χ2n) is 9.52. The van der Waals surface area contributed by atoms with Gasteiger partial charge in [0, 0.05) is 11.3 Å². The van der Waals surface area contributed by atoms with E-state index in [0.29, 0.717) is 34.4 Å². The van der Waals surface area contributed by atoms with Crippen LogP contribution in [0.25, 0.3) is 11.1 Å². The summed E-state index contributed by atoms with van der Waals surface area (Å²) in [5.41, 5.74) is 2.89. The molecule has 0 bridgehead atoms. The van der Waals surface area contributed by atoms with E-state index < -0.39 is 34.0 Å². The highest BCUT2D eigenvalue weighted by Crippen LogP contribution is 2.49. The first kappa shape index (κ1) is 26.6. The summed E-state index contributed by atoms with van der Waals surface area (Å²) >= 11 is 0. The highest BCUT2D eigenvalue weighted by molar-refractivity contribution is 7.85. The zero-order valence-electron chi connectivity index (χ0n) is 20.7. The quantitative estimate of drug-likeness (QED) is 0.194. The Hall–Kier alpha value is -4.05. The fourth-order valence-electron chi connectivity index (χ4n) is 5.07. The van der Waals surface area contributed by atoms with E-state index in [4.69, 9.17) is 0 Å². The molecular formula is C30H26FNO6S. The van der Waals surface area contributed by atoms with Crippen molar-refractivity contribution >= 4 is 21.7 Å². The van der Waals surface area contributed by atoms with Gasteiger partial charge in [-0.15, -0.1) is 0 Å². The predicted octanol–water partition coefficient (Wildman–Crippen LogP) is 5.66. The van der Waals surface area contributed by atoms with E-state index in [1.54, 1.807) is 29.2 Å². The number of aromatic hydroxyl groups is 1. The highest BCUT2D eigenvalue weighted by Gasteiger charge is 2.49. The number of phenols is 1. The van der Waals surface area contributed by atoms with E-state index in [9.17, 15) is 32.4 Å². The Morgan fingerprint density at radius 3 is 2.21 bits per heavy atom. The summed E-state index contributed by atoms with van der Waals surface area (Å²) in [6.07, 6.45) is -0.387. The number of aliphatic hydroxyl groups is 1. The first-order valence-electron chi connectivity index (χ1n) is 12.4. The molecule has 3 unspecified atom stereocenters. The maximum Gasteiger partial charge on any atom is 0.294 e. The number of hydrogen-bond donors (Lipinski definition) is 3. The molecule has 4 aromatic rings. The number of benzene rings is 4. The lowest BCUT2D eigenvalue weighted by Crippen LogP contribution is -2.55. The minimum Gasteiger partial charge on any atom is -0.508 e. The normalized spacial score (nSPS) is 18.0. The van der Waals surface area contributed by atoms with Gasteiger partial charge in [0.15, 0.2) is 0 Å². The molecule has 5 rings (SSSR count). The van der Waals surface area contributed by atoms with Crippen molar-refractivity contribution in [3.05, 3.63) is 114 Å². The molecule has 1 saturated heterocycles. The van der Waals surface area contributed by atoms with Crippen LogP contribution in [0.15, 0.2) is 102 Å². The number of amides is 1. The van der Waals surface area contributed by atoms with Gasteiger partial charge in [0.25, 0.3) is 10.1 Å². The van der Waals surface area contributed by atoms with Gasteiger partial charge in [-0.2, -0.15) is 8.42 Å². The molecule has 1 aliphatic rings. The SMILES string of the molecule is O=C1C(CCC(O)c2cccc(F)c2)C(c2ccc(-c3ccc(S(=O)(=O)O)cc3)cc2O)N1c1ccccc1. The van der Waals surface area contributed by atoms with Gasteiger partial charge in [-0.05, 0) is 72.0 Å². The Morgan fingerprint density at radius 2 is 1.56 bits per heavy atom. The van der Waals surface area contributed by atoms with E-state index in [0.717, 1.165) is 0 Å². The maximum atomic E-state index is 13.6. The lowest BCUT2D eigenvalue weighted by molar-refractivity contribution is -0.131. The number of aliphatic hydroxyl groups excluding tert-OH is 1. The number of anilines is 1. The van der Waals surface area contributed by atoms with Crippen molar-refractivity contribution in [2.45, 2.75) is 29.9 Å².